The van der Waals surface area contributed by atoms with Crippen LogP contribution < -0.4 is 10.6 Å². The Hall–Kier alpha value is -3.68. The number of fused-ring (bicyclic) bond motifs is 1. The van der Waals surface area contributed by atoms with Crippen LogP contribution in [0.2, 0.25) is 0 Å². The zero-order chi connectivity index (χ0) is 22.4. The summed E-state index contributed by atoms with van der Waals surface area (Å²) in [6.07, 6.45) is 9.21. The van der Waals surface area contributed by atoms with Gasteiger partial charge in [-0.1, -0.05) is 12.1 Å². The number of amides is 1. The predicted octanol–water partition coefficient (Wildman–Crippen LogP) is 3.24. The predicted molar refractivity (Wildman–Crippen MR) is 122 cm³/mol. The van der Waals surface area contributed by atoms with Gasteiger partial charge in [-0.05, 0) is 56.1 Å². The molecule has 2 aromatic heterocycles. The Balaban J connectivity index is 1.47. The van der Waals surface area contributed by atoms with E-state index in [-0.39, 0.29) is 17.6 Å². The molecule has 2 aliphatic rings. The fourth-order valence-electron chi connectivity index (χ4n) is 4.08. The molecule has 1 aliphatic heterocycles. The topological polar surface area (TPSA) is 91.6 Å². The van der Waals surface area contributed by atoms with E-state index in [0.29, 0.717) is 29.5 Å². The fraction of sp³-hybridized carbons (Fsp3) is 0.333. The molecule has 0 saturated heterocycles. The maximum absolute atomic E-state index is 13.1. The van der Waals surface area contributed by atoms with E-state index >= 15 is 0 Å². The van der Waals surface area contributed by atoms with Crippen molar-refractivity contribution >= 4 is 28.7 Å². The van der Waals surface area contributed by atoms with Crippen LogP contribution in [0.5, 0.6) is 0 Å². The van der Waals surface area contributed by atoms with Crippen molar-refractivity contribution in [3.63, 3.8) is 0 Å². The molecule has 1 atom stereocenters. The lowest BCUT2D eigenvalue weighted by Crippen LogP contribution is -2.25. The van der Waals surface area contributed by atoms with Crippen molar-refractivity contribution in [2.24, 2.45) is 5.92 Å². The second-order valence-corrected chi connectivity index (χ2v) is 8.72. The Morgan fingerprint density at radius 3 is 2.72 bits per heavy atom. The summed E-state index contributed by atoms with van der Waals surface area (Å²) in [5, 5.41) is 10.7. The maximum Gasteiger partial charge on any atom is 0.251 e. The minimum Gasteiger partial charge on any atom is -0.380 e. The zero-order valence-electron chi connectivity index (χ0n) is 18.4. The van der Waals surface area contributed by atoms with Crippen molar-refractivity contribution in [3.8, 4) is 0 Å². The summed E-state index contributed by atoms with van der Waals surface area (Å²) in [7, 11) is 1.96. The molecule has 2 N–H and O–H groups in total. The highest BCUT2D eigenvalue weighted by atomic mass is 16.1. The second kappa shape index (κ2) is 7.78. The van der Waals surface area contributed by atoms with Gasteiger partial charge in [-0.25, -0.2) is 9.50 Å². The number of aryl methyl sites for hydroxylation is 2. The van der Waals surface area contributed by atoms with Gasteiger partial charge in [0.2, 0.25) is 0 Å². The molecule has 5 rings (SSSR count). The molecule has 1 fully saturated rings. The molecule has 1 saturated carbocycles. The van der Waals surface area contributed by atoms with E-state index in [1.165, 1.54) is 6.33 Å². The quantitative estimate of drug-likeness (QED) is 0.584. The molecule has 32 heavy (non-hydrogen) atoms. The minimum absolute atomic E-state index is 0.0651. The number of rotatable bonds is 6. The summed E-state index contributed by atoms with van der Waals surface area (Å²) >= 11 is 0. The lowest BCUT2D eigenvalue weighted by molar-refractivity contribution is 0.0936. The first-order chi connectivity index (χ1) is 15.4. The lowest BCUT2D eigenvalue weighted by atomic mass is 9.98. The largest absolute Gasteiger partial charge is 0.380 e. The van der Waals surface area contributed by atoms with Crippen LogP contribution in [0.4, 0.5) is 11.5 Å². The van der Waals surface area contributed by atoms with Gasteiger partial charge in [0.25, 0.3) is 5.91 Å². The van der Waals surface area contributed by atoms with Gasteiger partial charge in [0.1, 0.15) is 11.8 Å². The number of nitrogens with one attached hydrogen (secondary N) is 2. The molecule has 1 unspecified atom stereocenters. The molecule has 1 amide bonds. The van der Waals surface area contributed by atoms with Gasteiger partial charge in [-0.2, -0.15) is 5.10 Å². The van der Waals surface area contributed by atoms with Crippen LogP contribution in [0.1, 0.15) is 44.7 Å². The number of carbonyl (C=O) groups excluding carboxylic acids is 2. The van der Waals surface area contributed by atoms with Crippen LogP contribution in [0.3, 0.4) is 0 Å². The Labute approximate surface area is 186 Å². The Bertz CT molecular complexity index is 1260. The van der Waals surface area contributed by atoms with Crippen LogP contribution in [-0.2, 0) is 0 Å². The monoisotopic (exact) mass is 430 g/mol. The highest BCUT2D eigenvalue weighted by Gasteiger charge is 2.27. The normalized spacial score (nSPS) is 17.7. The van der Waals surface area contributed by atoms with E-state index in [4.69, 9.17) is 0 Å². The van der Waals surface area contributed by atoms with Gasteiger partial charge < -0.3 is 15.5 Å². The van der Waals surface area contributed by atoms with E-state index in [2.05, 4.69) is 20.7 Å². The van der Waals surface area contributed by atoms with Crippen molar-refractivity contribution < 1.29 is 9.59 Å². The van der Waals surface area contributed by atoms with Gasteiger partial charge in [-0.3, -0.25) is 9.59 Å². The van der Waals surface area contributed by atoms with Gasteiger partial charge in [0, 0.05) is 42.6 Å². The summed E-state index contributed by atoms with van der Waals surface area (Å²) in [4.78, 5) is 32.1. The van der Waals surface area contributed by atoms with Crippen LogP contribution in [0.25, 0.3) is 5.52 Å². The first-order valence-electron chi connectivity index (χ1n) is 10.8. The zero-order valence-corrected chi connectivity index (χ0v) is 18.4. The molecular weight excluding hydrogens is 404 g/mol. The number of hydrogen-bond acceptors (Lipinski definition) is 6. The van der Waals surface area contributed by atoms with Gasteiger partial charge in [0.15, 0.2) is 11.6 Å². The number of ketones is 1. The van der Waals surface area contributed by atoms with E-state index in [0.717, 1.165) is 35.2 Å². The number of aromatic nitrogens is 3. The fourth-order valence-corrected chi connectivity index (χ4v) is 4.08. The van der Waals surface area contributed by atoms with Crippen LogP contribution in [0, 0.1) is 19.8 Å². The average Bonchev–Trinajstić information content (AvgIpc) is 3.37. The molecule has 3 aromatic rings. The first kappa shape index (κ1) is 20.2. The number of carbonyl (C=O) groups is 2. The number of hydrogen-bond donors (Lipinski definition) is 2. The van der Waals surface area contributed by atoms with Crippen LogP contribution in [0.15, 0.2) is 43.0 Å². The van der Waals surface area contributed by atoms with Gasteiger partial charge >= 0.3 is 0 Å². The maximum atomic E-state index is 13.1. The Kier molecular flexibility index (Phi) is 4.92. The van der Waals surface area contributed by atoms with Crippen molar-refractivity contribution in [1.82, 2.24) is 24.8 Å². The van der Waals surface area contributed by atoms with E-state index in [1.54, 1.807) is 10.7 Å². The Morgan fingerprint density at radius 2 is 2.00 bits per heavy atom. The molecule has 8 heteroatoms. The summed E-state index contributed by atoms with van der Waals surface area (Å²) in [5.41, 5.74) is 4.62. The van der Waals surface area contributed by atoms with Crippen molar-refractivity contribution in [2.45, 2.75) is 32.7 Å². The molecule has 1 aromatic carbocycles. The molecule has 0 spiro atoms. The third-order valence-electron chi connectivity index (χ3n) is 6.15. The molecule has 164 valence electrons. The number of Topliss-reactive ketones (excluding diaryl/α,β-unsaturated/α-hetero) is 1. The molecule has 0 bridgehead atoms. The summed E-state index contributed by atoms with van der Waals surface area (Å²) in [5.74, 6) is 0.446. The van der Waals surface area contributed by atoms with Crippen molar-refractivity contribution in [1.29, 1.82) is 0 Å². The highest BCUT2D eigenvalue weighted by Crippen LogP contribution is 2.29. The van der Waals surface area contributed by atoms with E-state index in [9.17, 15) is 9.59 Å². The third kappa shape index (κ3) is 3.72. The molecule has 1 aliphatic carbocycles. The summed E-state index contributed by atoms with van der Waals surface area (Å²) < 4.78 is 1.69. The number of anilines is 2. The van der Waals surface area contributed by atoms with E-state index < -0.39 is 0 Å². The van der Waals surface area contributed by atoms with E-state index in [1.807, 2.05) is 56.3 Å². The van der Waals surface area contributed by atoms with Crippen LogP contribution >= 0.6 is 0 Å². The van der Waals surface area contributed by atoms with Crippen LogP contribution in [-0.4, -0.2) is 50.8 Å². The molecule has 3 heterocycles. The third-order valence-corrected chi connectivity index (χ3v) is 6.15. The minimum atomic E-state index is -0.163. The standard InChI is InChI=1S/C24H26N6O2/c1-14-4-5-16(24(32)27-18-6-7-18)10-20(14)28-23-21-15(2)19(12-30(21)26-13-25-23)22(31)17-8-9-29(3)11-17/h4-5,8-10,12-13,17-18H,6-7,11H2,1-3H3,(H,27,32)(H,25,26,28). The second-order valence-electron chi connectivity index (χ2n) is 8.72. The number of nitrogens with zero attached hydrogens (tertiary/aromatic N) is 4. The van der Waals surface area contributed by atoms with Gasteiger partial charge in [0.05, 0.1) is 5.92 Å². The van der Waals surface area contributed by atoms with Gasteiger partial charge in [-0.15, -0.1) is 0 Å². The lowest BCUT2D eigenvalue weighted by Gasteiger charge is -2.13. The molecule has 0 radical (unpaired) electrons. The average molecular weight is 431 g/mol. The highest BCUT2D eigenvalue weighted by molar-refractivity contribution is 6.03. The Morgan fingerprint density at radius 1 is 1.19 bits per heavy atom. The van der Waals surface area contributed by atoms with Crippen molar-refractivity contribution in [2.75, 3.05) is 18.9 Å². The summed E-state index contributed by atoms with van der Waals surface area (Å²) in [6.45, 7) is 4.58. The smallest absolute Gasteiger partial charge is 0.251 e. The van der Waals surface area contributed by atoms with Crippen molar-refractivity contribution in [3.05, 3.63) is 65.3 Å². The molecular formula is C24H26N6O2. The summed E-state index contributed by atoms with van der Waals surface area (Å²) in [6, 6.07) is 5.90. The number of benzene rings is 1. The molecule has 8 nitrogen and oxygen atoms in total. The first-order valence-corrected chi connectivity index (χ1v) is 10.8. The SMILES string of the molecule is Cc1ccc(C(=O)NC2CC2)cc1Nc1ncnn2cc(C(=O)C3C=CN(C)C3)c(C)c12.